The molecule has 0 aliphatic carbocycles. The van der Waals surface area contributed by atoms with Crippen molar-refractivity contribution in [1.82, 2.24) is 0 Å². The molecular weight excluding hydrogens is 431 g/mol. The van der Waals surface area contributed by atoms with Crippen molar-refractivity contribution >= 4 is 21.5 Å². The standard InChI is InChI=1S/C20H18N4O5S.Na/c1-12-4-3-5-16(13(12)2)22-24-19-18(25)11-10-17(20(19)26)23-21-14-6-8-15(9-7-14)30(27,28)29;/h3-11,21-22H,1-2H3,(H,27,28,29);/q;+1/p-1/b23-17+,24-19-;. The van der Waals surface area contributed by atoms with Crippen LogP contribution in [-0.2, 0) is 10.1 Å². The zero-order valence-corrected chi connectivity index (χ0v) is 19.9. The molecule has 0 spiro atoms. The van der Waals surface area contributed by atoms with Crippen LogP contribution in [0.15, 0.2) is 79.3 Å². The summed E-state index contributed by atoms with van der Waals surface area (Å²) in [5.74, 6) is 0. The predicted octanol–water partition coefficient (Wildman–Crippen LogP) is -2.34. The topological polar surface area (TPSA) is 140 Å². The quantitative estimate of drug-likeness (QED) is 0.253. The summed E-state index contributed by atoms with van der Waals surface area (Å²) < 4.78 is 32.9. The Morgan fingerprint density at radius 2 is 1.55 bits per heavy atom. The molecule has 3 aromatic rings. The summed E-state index contributed by atoms with van der Waals surface area (Å²) in [6.07, 6.45) is 0. The van der Waals surface area contributed by atoms with Gasteiger partial charge in [-0.15, -0.1) is 0 Å². The number of rotatable bonds is 5. The van der Waals surface area contributed by atoms with E-state index in [1.54, 1.807) is 6.07 Å². The molecule has 0 saturated heterocycles. The maximum Gasteiger partial charge on any atom is 1.00 e. The molecule has 31 heavy (non-hydrogen) atoms. The van der Waals surface area contributed by atoms with Crippen molar-refractivity contribution in [1.29, 1.82) is 0 Å². The van der Waals surface area contributed by atoms with Gasteiger partial charge in [0.1, 0.15) is 15.5 Å². The zero-order valence-electron chi connectivity index (χ0n) is 17.0. The van der Waals surface area contributed by atoms with E-state index in [-0.39, 0.29) is 45.2 Å². The molecule has 9 nitrogen and oxygen atoms in total. The zero-order chi connectivity index (χ0) is 21.9. The first-order valence-corrected chi connectivity index (χ1v) is 10.1. The van der Waals surface area contributed by atoms with Crippen LogP contribution >= 0.6 is 0 Å². The van der Waals surface area contributed by atoms with Crippen molar-refractivity contribution in [3.05, 3.63) is 96.9 Å². The van der Waals surface area contributed by atoms with E-state index in [0.717, 1.165) is 23.3 Å². The normalized spacial score (nSPS) is 12.4. The van der Waals surface area contributed by atoms with Crippen LogP contribution in [0.5, 0.6) is 0 Å². The third-order valence-corrected chi connectivity index (χ3v) is 5.26. The maximum absolute atomic E-state index is 12.6. The summed E-state index contributed by atoms with van der Waals surface area (Å²) in [7, 11) is -4.55. The first-order valence-electron chi connectivity index (χ1n) is 8.73. The molecule has 2 N–H and O–H groups in total. The van der Waals surface area contributed by atoms with Crippen LogP contribution in [0.3, 0.4) is 0 Å². The fourth-order valence-corrected chi connectivity index (χ4v) is 3.02. The number of aryl methyl sites for hydroxylation is 1. The van der Waals surface area contributed by atoms with Gasteiger partial charge in [0, 0.05) is 0 Å². The predicted molar refractivity (Wildman–Crippen MR) is 110 cm³/mol. The molecule has 0 radical (unpaired) electrons. The molecule has 0 bridgehead atoms. The Morgan fingerprint density at radius 3 is 2.19 bits per heavy atom. The molecular formula is C20H17N4NaO5S. The second-order valence-electron chi connectivity index (χ2n) is 6.43. The maximum atomic E-state index is 12.6. The van der Waals surface area contributed by atoms with E-state index < -0.39 is 21.0 Å². The van der Waals surface area contributed by atoms with E-state index in [4.69, 9.17) is 0 Å². The van der Waals surface area contributed by atoms with Gasteiger partial charge in [-0.1, -0.05) is 12.1 Å². The van der Waals surface area contributed by atoms with Gasteiger partial charge in [-0.05, 0) is 67.4 Å². The fraction of sp³-hybridized carbons (Fsp3) is 0.100. The van der Waals surface area contributed by atoms with E-state index in [9.17, 15) is 22.6 Å². The van der Waals surface area contributed by atoms with E-state index in [0.29, 0.717) is 11.4 Å². The van der Waals surface area contributed by atoms with Gasteiger partial charge in [0.05, 0.1) is 16.3 Å². The number of benzene rings is 3. The average molecular weight is 448 g/mol. The average Bonchev–Trinajstić information content (AvgIpc) is 2.70. The van der Waals surface area contributed by atoms with Crippen molar-refractivity contribution in [3.63, 3.8) is 0 Å². The van der Waals surface area contributed by atoms with Gasteiger partial charge in [-0.2, -0.15) is 10.2 Å². The Morgan fingerprint density at radius 1 is 0.871 bits per heavy atom. The molecule has 0 fully saturated rings. The number of nitrogens with zero attached hydrogens (tertiary/aromatic N) is 2. The van der Waals surface area contributed by atoms with Gasteiger partial charge < -0.3 is 4.55 Å². The number of anilines is 2. The summed E-state index contributed by atoms with van der Waals surface area (Å²) in [6, 6.07) is 12.9. The first-order chi connectivity index (χ1) is 14.2. The Labute approximate surface area is 199 Å². The molecule has 154 valence electrons. The summed E-state index contributed by atoms with van der Waals surface area (Å²) in [5.41, 5.74) is 7.09. The van der Waals surface area contributed by atoms with Crippen LogP contribution in [0.2, 0.25) is 0 Å². The van der Waals surface area contributed by atoms with Crippen molar-refractivity contribution < 1.29 is 42.5 Å². The van der Waals surface area contributed by atoms with E-state index in [1.165, 1.54) is 24.3 Å². The Hall–Kier alpha value is -2.63. The molecule has 0 unspecified atom stereocenters. The van der Waals surface area contributed by atoms with Gasteiger partial charge >= 0.3 is 29.6 Å². The first kappa shape index (κ1) is 24.6. The van der Waals surface area contributed by atoms with Crippen molar-refractivity contribution in [2.75, 3.05) is 10.9 Å². The second kappa shape index (κ2) is 10.1. The molecule has 0 aliphatic rings. The minimum absolute atomic E-state index is 0. The van der Waals surface area contributed by atoms with Gasteiger partial charge in [-0.3, -0.25) is 20.4 Å². The third-order valence-electron chi connectivity index (χ3n) is 4.41. The summed E-state index contributed by atoms with van der Waals surface area (Å²) in [6.45, 7) is 3.82. The van der Waals surface area contributed by atoms with Crippen LogP contribution in [0.25, 0.3) is 0 Å². The van der Waals surface area contributed by atoms with Crippen LogP contribution < -0.4 is 62.0 Å². The smallest absolute Gasteiger partial charge is 0.744 e. The van der Waals surface area contributed by atoms with Crippen LogP contribution in [0.4, 0.5) is 11.4 Å². The van der Waals surface area contributed by atoms with Crippen LogP contribution in [0, 0.1) is 13.8 Å². The van der Waals surface area contributed by atoms with Gasteiger partial charge in [0.15, 0.2) is 5.36 Å². The minimum Gasteiger partial charge on any atom is -0.744 e. The van der Waals surface area contributed by atoms with E-state index in [1.807, 2.05) is 26.0 Å². The largest absolute Gasteiger partial charge is 1.00 e. The third kappa shape index (κ3) is 5.96. The molecule has 3 rings (SSSR count). The second-order valence-corrected chi connectivity index (χ2v) is 7.81. The van der Waals surface area contributed by atoms with Crippen LogP contribution in [-0.4, -0.2) is 13.0 Å². The molecule has 11 heteroatoms. The SMILES string of the molecule is Cc1cccc(N/N=c2/c(=O)cc/c(=N\Nc3ccc(S(=O)(=O)[O-])cc3)c2=O)c1C.[Na+]. The van der Waals surface area contributed by atoms with Crippen molar-refractivity contribution in [2.24, 2.45) is 10.2 Å². The molecule has 0 aliphatic heterocycles. The Bertz CT molecular complexity index is 1430. The fourth-order valence-electron chi connectivity index (χ4n) is 2.55. The number of nitrogens with one attached hydrogen (secondary N) is 2. The van der Waals surface area contributed by atoms with Crippen LogP contribution in [0.1, 0.15) is 11.1 Å². The molecule has 0 aromatic heterocycles. The van der Waals surface area contributed by atoms with Gasteiger partial charge in [-0.25, -0.2) is 8.42 Å². The summed E-state index contributed by atoms with van der Waals surface area (Å²) in [5, 5.41) is 7.54. The summed E-state index contributed by atoms with van der Waals surface area (Å²) >= 11 is 0. The van der Waals surface area contributed by atoms with E-state index in [2.05, 4.69) is 21.1 Å². The number of hydrogen-bond acceptors (Lipinski definition) is 9. The number of hydrogen-bond donors (Lipinski definition) is 2. The summed E-state index contributed by atoms with van der Waals surface area (Å²) in [4.78, 5) is 24.3. The van der Waals surface area contributed by atoms with Gasteiger partial charge in [0.2, 0.25) is 10.9 Å². The van der Waals surface area contributed by atoms with E-state index >= 15 is 0 Å². The Balaban J connectivity index is 0.00000341. The van der Waals surface area contributed by atoms with Gasteiger partial charge in [0.25, 0.3) is 0 Å². The minimum atomic E-state index is -4.55. The molecule has 0 saturated carbocycles. The van der Waals surface area contributed by atoms with Crippen molar-refractivity contribution in [2.45, 2.75) is 18.7 Å². The molecule has 3 aromatic carbocycles. The molecule has 0 heterocycles. The monoisotopic (exact) mass is 448 g/mol. The molecule has 0 atom stereocenters. The molecule has 0 amide bonds. The van der Waals surface area contributed by atoms with Crippen molar-refractivity contribution in [3.8, 4) is 0 Å². The Kier molecular flexibility index (Phi) is 8.04.